The van der Waals surface area contributed by atoms with E-state index in [1.165, 1.54) is 0 Å². The van der Waals surface area contributed by atoms with Crippen molar-refractivity contribution in [3.8, 4) is 0 Å². The molecule has 1 aromatic rings. The summed E-state index contributed by atoms with van der Waals surface area (Å²) in [6, 6.07) is 3.31. The number of carboxylic acids is 2. The van der Waals surface area contributed by atoms with Crippen molar-refractivity contribution in [2.24, 2.45) is 5.92 Å². The third kappa shape index (κ3) is 8.42. The number of carbonyl (C=O) groups is 2. The minimum Gasteiger partial charge on any atom is -0.481 e. The predicted octanol–water partition coefficient (Wildman–Crippen LogP) is 2.31. The second-order valence-corrected chi connectivity index (χ2v) is 11.1. The van der Waals surface area contributed by atoms with Crippen molar-refractivity contribution in [2.75, 3.05) is 6.16 Å². The van der Waals surface area contributed by atoms with Crippen molar-refractivity contribution < 1.29 is 50.8 Å². The fourth-order valence-corrected chi connectivity index (χ4v) is 6.12. The zero-order valence-corrected chi connectivity index (χ0v) is 17.4. The van der Waals surface area contributed by atoms with Crippen LogP contribution in [0, 0.1) is 5.92 Å². The van der Waals surface area contributed by atoms with E-state index in [9.17, 15) is 40.6 Å². The predicted molar refractivity (Wildman–Crippen MR) is 99.4 cm³/mol. The Hall–Kier alpha value is -1.95. The molecule has 9 nitrogen and oxygen atoms in total. The van der Waals surface area contributed by atoms with Gasteiger partial charge >= 0.3 is 18.1 Å². The van der Waals surface area contributed by atoms with Crippen LogP contribution in [0.3, 0.4) is 0 Å². The first kappa shape index (κ1) is 26.1. The Bertz CT molecular complexity index is 917. The Morgan fingerprint density at radius 3 is 2.13 bits per heavy atom. The molecule has 0 aliphatic heterocycles. The summed E-state index contributed by atoms with van der Waals surface area (Å²) in [6.07, 6.45) is -6.40. The van der Waals surface area contributed by atoms with E-state index in [0.29, 0.717) is 12.1 Å². The molecule has 1 rings (SSSR count). The molecule has 0 spiro atoms. The number of benzene rings is 1. The van der Waals surface area contributed by atoms with Gasteiger partial charge in [-0.05, 0) is 31.0 Å². The first-order chi connectivity index (χ1) is 13.5. The van der Waals surface area contributed by atoms with Crippen LogP contribution in [-0.2, 0) is 36.1 Å². The zero-order chi connectivity index (χ0) is 23.3. The number of hydrogen-bond donors (Lipinski definition) is 4. The van der Waals surface area contributed by atoms with Gasteiger partial charge in [0.05, 0.1) is 23.0 Å². The molecule has 0 amide bonds. The van der Waals surface area contributed by atoms with Crippen molar-refractivity contribution in [1.29, 1.82) is 0 Å². The quantitative estimate of drug-likeness (QED) is 0.355. The summed E-state index contributed by atoms with van der Waals surface area (Å²) in [4.78, 5) is 31.9. The topological polar surface area (TPSA) is 158 Å². The van der Waals surface area contributed by atoms with Crippen molar-refractivity contribution in [3.63, 3.8) is 0 Å². The lowest BCUT2D eigenvalue weighted by atomic mass is 10.1. The van der Waals surface area contributed by atoms with Crippen molar-refractivity contribution in [2.45, 2.75) is 37.5 Å². The van der Waals surface area contributed by atoms with Crippen LogP contribution in [0.25, 0.3) is 0 Å². The molecule has 0 heterocycles. The van der Waals surface area contributed by atoms with Crippen LogP contribution in [0.4, 0.5) is 13.2 Å². The van der Waals surface area contributed by atoms with E-state index in [-0.39, 0.29) is 5.56 Å². The van der Waals surface area contributed by atoms with Gasteiger partial charge < -0.3 is 15.1 Å². The smallest absolute Gasteiger partial charge is 0.416 e. The Kier molecular flexibility index (Phi) is 8.61. The fraction of sp³-hybridized carbons (Fsp3) is 0.500. The largest absolute Gasteiger partial charge is 0.481 e. The molecule has 3 unspecified atom stereocenters. The number of halogens is 3. The Morgan fingerprint density at radius 1 is 1.17 bits per heavy atom. The van der Waals surface area contributed by atoms with Gasteiger partial charge in [0, 0.05) is 12.6 Å². The molecule has 0 aromatic heterocycles. The second kappa shape index (κ2) is 9.90. The van der Waals surface area contributed by atoms with E-state index in [2.05, 4.69) is 0 Å². The van der Waals surface area contributed by atoms with Gasteiger partial charge in [-0.3, -0.25) is 14.2 Å². The first-order valence-electron chi connectivity index (χ1n) is 8.46. The Morgan fingerprint density at radius 2 is 1.70 bits per heavy atom. The molecule has 170 valence electrons. The van der Waals surface area contributed by atoms with Crippen molar-refractivity contribution >= 4 is 29.3 Å². The number of nitrogens with one attached hydrogen (secondary N) is 1. The standard InChI is InChI=1S/C16H21F3NO8PS/c1-10(29(25,26)8-12(15(23)24)4-7-14(21)22)20-30(27,28)9-11-2-5-13(6-3-11)16(17,18)19/h2-3,5-6,10,12,20H,4,7-9H2,1H3,(H,21,22)(H,23,24)(H,25,26). The molecular formula is C16H21F3NO8PS. The van der Waals surface area contributed by atoms with Gasteiger partial charge in [0.1, 0.15) is 0 Å². The lowest BCUT2D eigenvalue weighted by molar-refractivity contribution is -0.142. The summed E-state index contributed by atoms with van der Waals surface area (Å²) in [5.74, 6) is -6.62. The average molecular weight is 475 g/mol. The first-order valence-corrected chi connectivity index (χ1v) is 12.0. The Labute approximate surface area is 170 Å². The summed E-state index contributed by atoms with van der Waals surface area (Å²) >= 11 is 0. The molecule has 0 bridgehead atoms. The number of hydrogen-bond acceptors (Lipinski definition) is 5. The van der Waals surface area contributed by atoms with Crippen LogP contribution in [0.15, 0.2) is 24.3 Å². The summed E-state index contributed by atoms with van der Waals surface area (Å²) < 4.78 is 76.5. The normalized spacial score (nSPS) is 16.4. The van der Waals surface area contributed by atoms with Gasteiger partial charge in [0.2, 0.25) is 17.4 Å². The van der Waals surface area contributed by atoms with E-state index >= 15 is 0 Å². The number of alkyl halides is 3. The number of carboxylic acid groups (broad SMARTS) is 2. The molecule has 30 heavy (non-hydrogen) atoms. The number of aliphatic carboxylic acids is 2. The Balaban J connectivity index is 2.84. The van der Waals surface area contributed by atoms with Crippen LogP contribution >= 0.6 is 7.37 Å². The maximum absolute atomic E-state index is 12.6. The SMILES string of the molecule is CC(NS(=O)(=O)Cc1ccc(C(F)(F)F)cc1)P(=O)(O)CC(CCC(=O)O)C(=O)O. The lowest BCUT2D eigenvalue weighted by Crippen LogP contribution is -2.35. The van der Waals surface area contributed by atoms with Crippen LogP contribution < -0.4 is 4.72 Å². The molecule has 0 saturated carbocycles. The molecule has 0 radical (unpaired) electrons. The monoisotopic (exact) mass is 475 g/mol. The minimum atomic E-state index is -4.59. The summed E-state index contributed by atoms with van der Waals surface area (Å²) in [5.41, 5.74) is -0.966. The van der Waals surface area contributed by atoms with Crippen LogP contribution in [0.5, 0.6) is 0 Å². The highest BCUT2D eigenvalue weighted by Crippen LogP contribution is 2.47. The van der Waals surface area contributed by atoms with Gasteiger partial charge in [-0.2, -0.15) is 13.2 Å². The van der Waals surface area contributed by atoms with E-state index in [1.54, 1.807) is 0 Å². The maximum atomic E-state index is 12.6. The zero-order valence-electron chi connectivity index (χ0n) is 15.7. The van der Waals surface area contributed by atoms with Crippen molar-refractivity contribution in [1.82, 2.24) is 4.72 Å². The molecule has 3 atom stereocenters. The average Bonchev–Trinajstić information content (AvgIpc) is 2.56. The second-order valence-electron chi connectivity index (χ2n) is 6.65. The molecule has 0 aliphatic rings. The van der Waals surface area contributed by atoms with E-state index in [0.717, 1.165) is 19.1 Å². The number of rotatable bonds is 11. The van der Waals surface area contributed by atoms with Gasteiger partial charge in [-0.15, -0.1) is 0 Å². The maximum Gasteiger partial charge on any atom is 0.416 e. The molecular weight excluding hydrogens is 454 g/mol. The number of sulfonamides is 1. The van der Waals surface area contributed by atoms with Crippen LogP contribution in [0.1, 0.15) is 30.9 Å². The van der Waals surface area contributed by atoms with E-state index in [1.807, 2.05) is 4.72 Å². The molecule has 14 heteroatoms. The summed E-state index contributed by atoms with van der Waals surface area (Å²) in [7, 11) is -8.65. The highest BCUT2D eigenvalue weighted by Gasteiger charge is 2.36. The van der Waals surface area contributed by atoms with Gasteiger partial charge in [-0.25, -0.2) is 13.1 Å². The van der Waals surface area contributed by atoms with Gasteiger partial charge in [0.15, 0.2) is 0 Å². The van der Waals surface area contributed by atoms with E-state index in [4.69, 9.17) is 10.2 Å². The molecule has 1 aromatic carbocycles. The molecule has 4 N–H and O–H groups in total. The summed E-state index contributed by atoms with van der Waals surface area (Å²) in [6.45, 7) is 1.04. The van der Waals surface area contributed by atoms with Crippen LogP contribution in [0.2, 0.25) is 0 Å². The van der Waals surface area contributed by atoms with Crippen molar-refractivity contribution in [3.05, 3.63) is 35.4 Å². The van der Waals surface area contributed by atoms with Gasteiger partial charge in [0.25, 0.3) is 0 Å². The molecule has 0 fully saturated rings. The van der Waals surface area contributed by atoms with Crippen LogP contribution in [-0.4, -0.2) is 47.4 Å². The summed E-state index contributed by atoms with van der Waals surface area (Å²) in [5, 5.41) is 17.7. The highest BCUT2D eigenvalue weighted by molar-refractivity contribution is 7.89. The molecule has 0 saturated heterocycles. The highest BCUT2D eigenvalue weighted by atomic mass is 32.2. The van der Waals surface area contributed by atoms with E-state index < -0.39 is 77.5 Å². The lowest BCUT2D eigenvalue weighted by Gasteiger charge is -2.23. The minimum absolute atomic E-state index is 0.000317. The third-order valence-corrected chi connectivity index (χ3v) is 8.04. The third-order valence-electron chi connectivity index (χ3n) is 4.13. The molecule has 0 aliphatic carbocycles. The fourth-order valence-electron chi connectivity index (χ4n) is 2.46. The van der Waals surface area contributed by atoms with Gasteiger partial charge in [-0.1, -0.05) is 12.1 Å².